The molecular weight excluding hydrogens is 544 g/mol. The van der Waals surface area contributed by atoms with E-state index in [0.717, 1.165) is 64.2 Å². The van der Waals surface area contributed by atoms with Crippen LogP contribution in [-0.4, -0.2) is 44.5 Å². The van der Waals surface area contributed by atoms with Gasteiger partial charge in [0.1, 0.15) is 12.7 Å². The lowest BCUT2D eigenvalue weighted by Gasteiger charge is -2.72. The summed E-state index contributed by atoms with van der Waals surface area (Å²) in [5.41, 5.74) is 0.930. The number of hydrogen-bond acceptors (Lipinski definition) is 7. The number of fused-ring (bicyclic) bond motifs is 7. The van der Waals surface area contributed by atoms with E-state index in [0.29, 0.717) is 23.7 Å². The molecule has 0 heterocycles. The van der Waals surface area contributed by atoms with Crippen molar-refractivity contribution in [3.05, 3.63) is 12.2 Å². The van der Waals surface area contributed by atoms with Crippen LogP contribution >= 0.6 is 0 Å². The predicted molar refractivity (Wildman–Crippen MR) is 163 cm³/mol. The Kier molecular flexibility index (Phi) is 8.44. The molecule has 2 unspecified atom stereocenters. The Morgan fingerprint density at radius 3 is 2.16 bits per heavy atom. The Bertz CT molecular complexity index is 1140. The Morgan fingerprint density at radius 2 is 1.51 bits per heavy atom. The van der Waals surface area contributed by atoms with Gasteiger partial charge in [0.15, 0.2) is 0 Å². The first-order valence-corrected chi connectivity index (χ1v) is 16.7. The number of hydrogen-bond donors (Lipinski definition) is 0. The second kappa shape index (κ2) is 11.2. The highest BCUT2D eigenvalue weighted by Gasteiger charge is 2.72. The number of allylic oxidation sites excluding steroid dienone is 1. The Hall–Kier alpha value is -1.89. The fraction of sp³-hybridized carbons (Fsp3) is 0.861. The average molecular weight is 601 g/mol. The molecule has 5 aliphatic carbocycles. The molecule has 0 spiro atoms. The van der Waals surface area contributed by atoms with Gasteiger partial charge in [-0.15, -0.1) is 0 Å². The van der Waals surface area contributed by atoms with E-state index in [1.165, 1.54) is 19.6 Å². The number of methoxy groups -OCH3 is 1. The van der Waals surface area contributed by atoms with Crippen LogP contribution < -0.4 is 0 Å². The third kappa shape index (κ3) is 4.80. The molecule has 0 saturated heterocycles. The van der Waals surface area contributed by atoms with Crippen molar-refractivity contribution >= 4 is 17.9 Å². The van der Waals surface area contributed by atoms with E-state index in [4.69, 9.17) is 18.9 Å². The smallest absolute Gasteiger partial charge is 0.332 e. The van der Waals surface area contributed by atoms with E-state index in [9.17, 15) is 14.4 Å². The number of carbonyl (C=O) groups excluding carboxylic acids is 3. The third-order valence-electron chi connectivity index (χ3n) is 14.4. The van der Waals surface area contributed by atoms with Gasteiger partial charge in [-0.2, -0.15) is 0 Å². The van der Waals surface area contributed by atoms with E-state index in [2.05, 4.69) is 48.1 Å². The Balaban J connectivity index is 1.45. The van der Waals surface area contributed by atoms with Crippen molar-refractivity contribution < 1.29 is 33.3 Å². The van der Waals surface area contributed by atoms with Gasteiger partial charge < -0.3 is 18.9 Å². The number of rotatable bonds is 7. The topological polar surface area (TPSA) is 88.1 Å². The van der Waals surface area contributed by atoms with Gasteiger partial charge in [0.05, 0.1) is 5.41 Å². The summed E-state index contributed by atoms with van der Waals surface area (Å²) in [6.45, 7) is 19.9. The molecule has 5 saturated carbocycles. The van der Waals surface area contributed by atoms with E-state index in [-0.39, 0.29) is 59.0 Å². The quantitative estimate of drug-likeness (QED) is 0.173. The molecule has 7 nitrogen and oxygen atoms in total. The fourth-order valence-electron chi connectivity index (χ4n) is 12.3. The summed E-state index contributed by atoms with van der Waals surface area (Å²) in [5.74, 6) is 1.06. The summed E-state index contributed by atoms with van der Waals surface area (Å²) >= 11 is 0. The zero-order valence-electron chi connectivity index (χ0n) is 28.0. The molecule has 7 heteroatoms. The highest BCUT2D eigenvalue weighted by atomic mass is 16.7. The van der Waals surface area contributed by atoms with Crippen molar-refractivity contribution in [1.82, 2.24) is 0 Å². The normalized spacial score (nSPS) is 44.6. The van der Waals surface area contributed by atoms with Crippen molar-refractivity contribution in [3.8, 4) is 0 Å². The highest BCUT2D eigenvalue weighted by Crippen LogP contribution is 2.77. The third-order valence-corrected chi connectivity index (χ3v) is 14.4. The standard InChI is InChI=1S/C36H56O7/c1-22(2)24-12-17-36(31(39)42-21-41-23(3)37)19-18-34(7)25(30(24)36)10-11-27-33(6)15-14-28(43-29(38)20-40-9)32(4,5)26(33)13-16-35(27,34)8/h24-28,30H,1,10-21H2,2-9H3/t24-,25+,26?,27+,28-,30?,33-,34+,35+,36-/m0/s1. The van der Waals surface area contributed by atoms with Crippen LogP contribution in [0.5, 0.6) is 0 Å². The molecule has 5 fully saturated rings. The van der Waals surface area contributed by atoms with Crippen LogP contribution in [0.4, 0.5) is 0 Å². The first-order chi connectivity index (χ1) is 20.1. The molecule has 5 aliphatic rings. The van der Waals surface area contributed by atoms with Gasteiger partial charge in [-0.25, -0.2) is 4.79 Å². The maximum absolute atomic E-state index is 13.9. The minimum Gasteiger partial charge on any atom is -0.460 e. The predicted octanol–water partition coefficient (Wildman–Crippen LogP) is 7.27. The van der Waals surface area contributed by atoms with Crippen molar-refractivity contribution in [2.24, 2.45) is 56.7 Å². The molecular formula is C36H56O7. The minimum absolute atomic E-state index is 0.0000829. The average Bonchev–Trinajstić information content (AvgIpc) is 3.32. The van der Waals surface area contributed by atoms with Crippen molar-refractivity contribution in [2.75, 3.05) is 20.5 Å². The second-order valence-corrected chi connectivity index (χ2v) is 16.3. The summed E-state index contributed by atoms with van der Waals surface area (Å²) in [6.07, 6.45) is 10.0. The van der Waals surface area contributed by atoms with Crippen molar-refractivity contribution in [3.63, 3.8) is 0 Å². The summed E-state index contributed by atoms with van der Waals surface area (Å²) in [7, 11) is 1.54. The zero-order chi connectivity index (χ0) is 31.6. The number of ether oxygens (including phenoxy) is 4. The van der Waals surface area contributed by atoms with Gasteiger partial charge in [-0.1, -0.05) is 46.8 Å². The Labute approximate surface area is 259 Å². The molecule has 0 radical (unpaired) electrons. The molecule has 0 aromatic carbocycles. The maximum atomic E-state index is 13.9. The molecule has 0 bridgehead atoms. The first kappa shape index (κ1) is 32.5. The maximum Gasteiger partial charge on any atom is 0.332 e. The van der Waals surface area contributed by atoms with Crippen LogP contribution in [0.25, 0.3) is 0 Å². The van der Waals surface area contributed by atoms with Crippen LogP contribution in [0, 0.1) is 56.7 Å². The summed E-state index contributed by atoms with van der Waals surface area (Å²) in [5, 5.41) is 0. The summed E-state index contributed by atoms with van der Waals surface area (Å²) < 4.78 is 21.8. The largest absolute Gasteiger partial charge is 0.460 e. The lowest BCUT2D eigenvalue weighted by atomic mass is 9.32. The molecule has 242 valence electrons. The molecule has 0 aliphatic heterocycles. The molecule has 43 heavy (non-hydrogen) atoms. The summed E-state index contributed by atoms with van der Waals surface area (Å²) in [4.78, 5) is 37.7. The van der Waals surface area contributed by atoms with Crippen LogP contribution in [0.2, 0.25) is 0 Å². The van der Waals surface area contributed by atoms with E-state index < -0.39 is 11.4 Å². The van der Waals surface area contributed by atoms with Gasteiger partial charge >= 0.3 is 17.9 Å². The Morgan fingerprint density at radius 1 is 0.791 bits per heavy atom. The molecule has 0 N–H and O–H groups in total. The number of esters is 3. The van der Waals surface area contributed by atoms with Crippen LogP contribution in [0.1, 0.15) is 113 Å². The lowest BCUT2D eigenvalue weighted by Crippen LogP contribution is -2.67. The second-order valence-electron chi connectivity index (χ2n) is 16.3. The molecule has 0 aromatic rings. The van der Waals surface area contributed by atoms with Crippen LogP contribution in [0.15, 0.2) is 12.2 Å². The van der Waals surface area contributed by atoms with Gasteiger partial charge in [-0.3, -0.25) is 9.59 Å². The highest BCUT2D eigenvalue weighted by molar-refractivity contribution is 5.78. The van der Waals surface area contributed by atoms with Crippen molar-refractivity contribution in [2.45, 2.75) is 119 Å². The molecule has 0 amide bonds. The van der Waals surface area contributed by atoms with E-state index in [1.807, 2.05) is 0 Å². The zero-order valence-corrected chi connectivity index (χ0v) is 28.0. The number of carbonyl (C=O) groups is 3. The minimum atomic E-state index is -0.537. The molecule has 10 atom stereocenters. The summed E-state index contributed by atoms with van der Waals surface area (Å²) in [6, 6.07) is 0. The van der Waals surface area contributed by atoms with E-state index in [1.54, 1.807) is 0 Å². The SMILES string of the molecule is C=C(C)[C@@H]1CC[C@]2(C(=O)OCOC(C)=O)CC[C@]3(C)[C@H](CC[C@@H]4[C@@]5(C)CC[C@H](OC(=O)COC)C(C)(C)C5CC[C@]43C)C12. The van der Waals surface area contributed by atoms with Crippen molar-refractivity contribution in [1.29, 1.82) is 0 Å². The van der Waals surface area contributed by atoms with Gasteiger partial charge in [0.25, 0.3) is 0 Å². The van der Waals surface area contributed by atoms with Gasteiger partial charge in [-0.05, 0) is 117 Å². The van der Waals surface area contributed by atoms with Crippen LogP contribution in [-0.2, 0) is 33.3 Å². The lowest BCUT2D eigenvalue weighted by molar-refractivity contribution is -0.251. The fourth-order valence-corrected chi connectivity index (χ4v) is 12.3. The molecule has 0 aromatic heterocycles. The van der Waals surface area contributed by atoms with E-state index >= 15 is 0 Å². The molecule has 5 rings (SSSR count). The van der Waals surface area contributed by atoms with Gasteiger partial charge in [0, 0.05) is 19.4 Å². The first-order valence-electron chi connectivity index (χ1n) is 16.7. The van der Waals surface area contributed by atoms with Crippen LogP contribution in [0.3, 0.4) is 0 Å². The van der Waals surface area contributed by atoms with Gasteiger partial charge in [0.2, 0.25) is 6.79 Å². The monoisotopic (exact) mass is 600 g/mol.